The van der Waals surface area contributed by atoms with Gasteiger partial charge in [0.25, 0.3) is 0 Å². The SMILES string of the molecule is COc1ccc(S(=O)(=O)N2CCC[C@H](Oc3ncc(Br)cn3)C2)cc1C. The molecule has 0 bridgehead atoms. The van der Waals surface area contributed by atoms with Crippen molar-refractivity contribution in [3.63, 3.8) is 0 Å². The second-order valence-corrected chi connectivity index (χ2v) is 8.91. The molecule has 2 heterocycles. The number of rotatable bonds is 5. The molecule has 1 aliphatic heterocycles. The molecule has 0 N–H and O–H groups in total. The van der Waals surface area contributed by atoms with E-state index in [1.54, 1.807) is 37.7 Å². The summed E-state index contributed by atoms with van der Waals surface area (Å²) in [6.07, 6.45) is 4.39. The van der Waals surface area contributed by atoms with Crippen LogP contribution in [-0.2, 0) is 10.0 Å². The number of aromatic nitrogens is 2. The molecule has 140 valence electrons. The molecule has 7 nitrogen and oxygen atoms in total. The van der Waals surface area contributed by atoms with Crippen LogP contribution in [0.5, 0.6) is 11.8 Å². The maximum Gasteiger partial charge on any atom is 0.316 e. The highest BCUT2D eigenvalue weighted by Crippen LogP contribution is 2.26. The van der Waals surface area contributed by atoms with Gasteiger partial charge in [-0.3, -0.25) is 0 Å². The number of hydrogen-bond donors (Lipinski definition) is 0. The van der Waals surface area contributed by atoms with Crippen LogP contribution in [0.3, 0.4) is 0 Å². The molecule has 1 aromatic heterocycles. The second-order valence-electron chi connectivity index (χ2n) is 6.06. The summed E-state index contributed by atoms with van der Waals surface area (Å²) in [5.74, 6) is 0.663. The van der Waals surface area contributed by atoms with E-state index in [9.17, 15) is 8.42 Å². The van der Waals surface area contributed by atoms with Gasteiger partial charge in [0.15, 0.2) is 0 Å². The Labute approximate surface area is 161 Å². The van der Waals surface area contributed by atoms with Crippen molar-refractivity contribution >= 4 is 26.0 Å². The number of aryl methyl sites for hydroxylation is 1. The molecule has 1 fully saturated rings. The fourth-order valence-corrected chi connectivity index (χ4v) is 4.69. The van der Waals surface area contributed by atoms with Crippen molar-refractivity contribution in [2.45, 2.75) is 30.8 Å². The van der Waals surface area contributed by atoms with Crippen LogP contribution < -0.4 is 9.47 Å². The van der Waals surface area contributed by atoms with E-state index < -0.39 is 10.0 Å². The van der Waals surface area contributed by atoms with Crippen molar-refractivity contribution in [3.8, 4) is 11.8 Å². The molecular weight excluding hydrogens is 422 g/mol. The number of methoxy groups -OCH3 is 1. The van der Waals surface area contributed by atoms with Gasteiger partial charge in [-0.05, 0) is 59.5 Å². The number of nitrogens with zero attached hydrogens (tertiary/aromatic N) is 3. The minimum absolute atomic E-state index is 0.248. The predicted octanol–water partition coefficient (Wildman–Crippen LogP) is 2.79. The average molecular weight is 442 g/mol. The third kappa shape index (κ3) is 4.16. The van der Waals surface area contributed by atoms with Crippen LogP contribution in [0, 0.1) is 6.92 Å². The van der Waals surface area contributed by atoms with Crippen LogP contribution in [-0.4, -0.2) is 49.0 Å². The summed E-state index contributed by atoms with van der Waals surface area (Å²) in [6.45, 7) is 2.56. The van der Waals surface area contributed by atoms with E-state index in [0.29, 0.717) is 12.3 Å². The summed E-state index contributed by atoms with van der Waals surface area (Å²) < 4.78 is 39.1. The maximum atomic E-state index is 13.0. The zero-order valence-electron chi connectivity index (χ0n) is 14.6. The average Bonchev–Trinajstić information content (AvgIpc) is 2.64. The van der Waals surface area contributed by atoms with Gasteiger partial charge < -0.3 is 9.47 Å². The number of ether oxygens (including phenoxy) is 2. The van der Waals surface area contributed by atoms with Gasteiger partial charge in [-0.1, -0.05) is 0 Å². The van der Waals surface area contributed by atoms with Crippen LogP contribution in [0.25, 0.3) is 0 Å². The minimum Gasteiger partial charge on any atom is -0.496 e. The van der Waals surface area contributed by atoms with Gasteiger partial charge in [0, 0.05) is 18.9 Å². The van der Waals surface area contributed by atoms with Crippen molar-refractivity contribution < 1.29 is 17.9 Å². The number of halogens is 1. The molecule has 9 heteroatoms. The Morgan fingerprint density at radius 1 is 1.27 bits per heavy atom. The van der Waals surface area contributed by atoms with E-state index in [0.717, 1.165) is 22.9 Å². The van der Waals surface area contributed by atoms with Gasteiger partial charge in [-0.25, -0.2) is 18.4 Å². The summed E-state index contributed by atoms with van der Waals surface area (Å²) in [6, 6.07) is 5.13. The first-order chi connectivity index (χ1) is 12.4. The van der Waals surface area contributed by atoms with Gasteiger partial charge >= 0.3 is 6.01 Å². The lowest BCUT2D eigenvalue weighted by Crippen LogP contribution is -2.44. The van der Waals surface area contributed by atoms with Crippen molar-refractivity contribution in [1.29, 1.82) is 0 Å². The Kier molecular flexibility index (Phi) is 5.79. The molecule has 0 spiro atoms. The van der Waals surface area contributed by atoms with E-state index in [1.165, 1.54) is 4.31 Å². The van der Waals surface area contributed by atoms with Gasteiger partial charge in [-0.15, -0.1) is 0 Å². The van der Waals surface area contributed by atoms with Gasteiger partial charge in [0.1, 0.15) is 11.9 Å². The highest BCUT2D eigenvalue weighted by molar-refractivity contribution is 9.10. The molecule has 3 rings (SSSR count). The van der Waals surface area contributed by atoms with E-state index >= 15 is 0 Å². The molecule has 0 saturated carbocycles. The number of benzene rings is 1. The highest BCUT2D eigenvalue weighted by atomic mass is 79.9. The third-order valence-corrected chi connectivity index (χ3v) is 6.48. The van der Waals surface area contributed by atoms with Crippen molar-refractivity contribution in [3.05, 3.63) is 40.6 Å². The molecule has 1 atom stereocenters. The van der Waals surface area contributed by atoms with E-state index in [4.69, 9.17) is 9.47 Å². The largest absolute Gasteiger partial charge is 0.496 e. The van der Waals surface area contributed by atoms with Crippen molar-refractivity contribution in [2.75, 3.05) is 20.2 Å². The van der Waals surface area contributed by atoms with E-state index in [-0.39, 0.29) is 23.6 Å². The van der Waals surface area contributed by atoms with Crippen LogP contribution in [0.2, 0.25) is 0 Å². The fraction of sp³-hybridized carbons (Fsp3) is 0.412. The summed E-state index contributed by atoms with van der Waals surface area (Å²) >= 11 is 3.27. The topological polar surface area (TPSA) is 81.6 Å². The van der Waals surface area contributed by atoms with Gasteiger partial charge in [0.2, 0.25) is 10.0 Å². The first-order valence-corrected chi connectivity index (χ1v) is 10.4. The lowest BCUT2D eigenvalue weighted by atomic mass is 10.1. The quantitative estimate of drug-likeness (QED) is 0.709. The molecule has 0 amide bonds. The maximum absolute atomic E-state index is 13.0. The van der Waals surface area contributed by atoms with Gasteiger partial charge in [-0.2, -0.15) is 4.31 Å². The van der Waals surface area contributed by atoms with Gasteiger partial charge in [0.05, 0.1) is 23.0 Å². The monoisotopic (exact) mass is 441 g/mol. The summed E-state index contributed by atoms with van der Waals surface area (Å²) in [5, 5.41) is 0. The molecule has 0 radical (unpaired) electrons. The Bertz CT molecular complexity index is 874. The normalized spacial score (nSPS) is 18.5. The fourth-order valence-electron chi connectivity index (χ4n) is 2.89. The number of piperidine rings is 1. The Morgan fingerprint density at radius 3 is 2.65 bits per heavy atom. The highest BCUT2D eigenvalue weighted by Gasteiger charge is 2.31. The zero-order valence-corrected chi connectivity index (χ0v) is 17.0. The third-order valence-electron chi connectivity index (χ3n) is 4.21. The molecule has 2 aromatic rings. The van der Waals surface area contributed by atoms with Crippen molar-refractivity contribution in [1.82, 2.24) is 14.3 Å². The smallest absolute Gasteiger partial charge is 0.316 e. The summed E-state index contributed by atoms with van der Waals surface area (Å²) in [5.41, 5.74) is 0.779. The molecule has 26 heavy (non-hydrogen) atoms. The Balaban J connectivity index is 1.75. The lowest BCUT2D eigenvalue weighted by Gasteiger charge is -2.31. The van der Waals surface area contributed by atoms with Crippen LogP contribution in [0.1, 0.15) is 18.4 Å². The number of hydrogen-bond acceptors (Lipinski definition) is 6. The Morgan fingerprint density at radius 2 is 2.00 bits per heavy atom. The lowest BCUT2D eigenvalue weighted by molar-refractivity contribution is 0.119. The van der Waals surface area contributed by atoms with Crippen LogP contribution >= 0.6 is 15.9 Å². The Hall–Kier alpha value is -1.71. The predicted molar refractivity (Wildman–Crippen MR) is 99.9 cm³/mol. The summed E-state index contributed by atoms with van der Waals surface area (Å²) in [4.78, 5) is 8.43. The summed E-state index contributed by atoms with van der Waals surface area (Å²) in [7, 11) is -2.03. The standard InChI is InChI=1S/C17H20BrN3O4S/c1-12-8-15(5-6-16(12)24-2)26(22,23)21-7-3-4-14(11-21)25-17-19-9-13(18)10-20-17/h5-6,8-10,14H,3-4,7,11H2,1-2H3/t14-/m0/s1. The first-order valence-electron chi connectivity index (χ1n) is 8.19. The van der Waals surface area contributed by atoms with Crippen LogP contribution in [0.15, 0.2) is 40.0 Å². The first kappa shape index (κ1) is 19.1. The molecule has 1 aromatic carbocycles. The van der Waals surface area contributed by atoms with E-state index in [1.807, 2.05) is 6.92 Å². The molecule has 1 saturated heterocycles. The zero-order chi connectivity index (χ0) is 18.7. The molecule has 0 aliphatic carbocycles. The number of sulfonamides is 1. The van der Waals surface area contributed by atoms with E-state index in [2.05, 4.69) is 25.9 Å². The molecule has 1 aliphatic rings. The molecular formula is C17H20BrN3O4S. The second kappa shape index (κ2) is 7.89. The minimum atomic E-state index is -3.59. The van der Waals surface area contributed by atoms with Crippen LogP contribution in [0.4, 0.5) is 0 Å². The molecule has 0 unspecified atom stereocenters. The van der Waals surface area contributed by atoms with Crippen molar-refractivity contribution in [2.24, 2.45) is 0 Å².